The van der Waals surface area contributed by atoms with Gasteiger partial charge in [0.05, 0.1) is 72.7 Å². The summed E-state index contributed by atoms with van der Waals surface area (Å²) in [5.41, 5.74) is 1.39. The van der Waals surface area contributed by atoms with E-state index in [1.807, 2.05) is 0 Å². The highest BCUT2D eigenvalue weighted by Crippen LogP contribution is 2.16. The van der Waals surface area contributed by atoms with Gasteiger partial charge in [-0.15, -0.1) is 0 Å². The van der Waals surface area contributed by atoms with Crippen molar-refractivity contribution in [3.05, 3.63) is 29.8 Å². The monoisotopic (exact) mass is 695 g/mol. The van der Waals surface area contributed by atoms with Gasteiger partial charge >= 0.3 is 0 Å². The molecular weight excluding hydrogens is 616 g/mol. The third kappa shape index (κ3) is 35.0. The second-order valence-electron chi connectivity index (χ2n) is 13.3. The Hall–Kier alpha value is -1.22. The summed E-state index contributed by atoms with van der Waals surface area (Å²) >= 11 is 0. The molecule has 0 amide bonds. The van der Waals surface area contributed by atoms with E-state index in [1.54, 1.807) is 0 Å². The standard InChI is InChI=1S/C42H78O7/c1-3-5-7-9-11-12-13-14-15-16-18-20-22-28-43-29-30-44-31-32-45-33-34-46-35-36-47-37-38-48-39-40-49-42-26-24-41(25-27-42)23-21-19-17-10-8-6-4-2/h24-27H,3-23,28-40H2,1-2H3. The van der Waals surface area contributed by atoms with Crippen LogP contribution in [0.3, 0.4) is 0 Å². The first-order chi connectivity index (χ1) is 24.4. The molecule has 288 valence electrons. The number of hydrogen-bond donors (Lipinski definition) is 0. The van der Waals surface area contributed by atoms with Crippen LogP contribution in [0.5, 0.6) is 5.75 Å². The van der Waals surface area contributed by atoms with Gasteiger partial charge in [0, 0.05) is 6.61 Å². The van der Waals surface area contributed by atoms with E-state index in [-0.39, 0.29) is 0 Å². The van der Waals surface area contributed by atoms with E-state index >= 15 is 0 Å². The second-order valence-corrected chi connectivity index (χ2v) is 13.3. The maximum atomic E-state index is 5.80. The number of hydrogen-bond acceptors (Lipinski definition) is 7. The molecule has 0 aliphatic carbocycles. The smallest absolute Gasteiger partial charge is 0.119 e. The minimum absolute atomic E-state index is 0.540. The van der Waals surface area contributed by atoms with Crippen molar-refractivity contribution in [3.8, 4) is 5.75 Å². The van der Waals surface area contributed by atoms with Crippen molar-refractivity contribution in [2.75, 3.05) is 85.9 Å². The second kappa shape index (κ2) is 39.6. The normalized spacial score (nSPS) is 11.5. The molecule has 0 aliphatic heterocycles. The van der Waals surface area contributed by atoms with Crippen LogP contribution in [0.4, 0.5) is 0 Å². The maximum Gasteiger partial charge on any atom is 0.119 e. The molecule has 1 aromatic rings. The molecule has 0 saturated heterocycles. The van der Waals surface area contributed by atoms with E-state index in [2.05, 4.69) is 38.1 Å². The highest BCUT2D eigenvalue weighted by atomic mass is 16.6. The first-order valence-corrected chi connectivity index (χ1v) is 20.5. The topological polar surface area (TPSA) is 64.6 Å². The Kier molecular flexibility index (Phi) is 37.0. The molecule has 0 radical (unpaired) electrons. The van der Waals surface area contributed by atoms with E-state index in [1.165, 1.54) is 128 Å². The number of unbranched alkanes of at least 4 members (excludes halogenated alkanes) is 18. The quantitative estimate of drug-likeness (QED) is 0.0632. The molecule has 0 bridgehead atoms. The van der Waals surface area contributed by atoms with Gasteiger partial charge in [-0.05, 0) is 37.0 Å². The first-order valence-electron chi connectivity index (χ1n) is 20.5. The third-order valence-electron chi connectivity index (χ3n) is 8.74. The van der Waals surface area contributed by atoms with Crippen LogP contribution in [0, 0.1) is 0 Å². The van der Waals surface area contributed by atoms with Gasteiger partial charge in [-0.1, -0.05) is 142 Å². The van der Waals surface area contributed by atoms with Crippen LogP contribution in [0.2, 0.25) is 0 Å². The van der Waals surface area contributed by atoms with Crippen molar-refractivity contribution in [1.29, 1.82) is 0 Å². The number of benzene rings is 1. The Morgan fingerprint density at radius 2 is 0.612 bits per heavy atom. The van der Waals surface area contributed by atoms with Gasteiger partial charge in [-0.3, -0.25) is 0 Å². The van der Waals surface area contributed by atoms with E-state index in [4.69, 9.17) is 33.2 Å². The molecule has 0 heterocycles. The Balaban J connectivity index is 1.70. The fraction of sp³-hybridized carbons (Fsp3) is 0.857. The summed E-state index contributed by atoms with van der Waals surface area (Å²) in [6.45, 7) is 12.2. The van der Waals surface area contributed by atoms with Gasteiger partial charge in [0.1, 0.15) is 12.4 Å². The summed E-state index contributed by atoms with van der Waals surface area (Å²) in [5, 5.41) is 0. The van der Waals surface area contributed by atoms with E-state index in [0.717, 1.165) is 25.2 Å². The summed E-state index contributed by atoms with van der Waals surface area (Å²) in [6, 6.07) is 8.50. The highest BCUT2D eigenvalue weighted by Gasteiger charge is 1.99. The van der Waals surface area contributed by atoms with Crippen molar-refractivity contribution < 1.29 is 33.2 Å². The first kappa shape index (κ1) is 45.8. The molecular formula is C42H78O7. The Morgan fingerprint density at radius 3 is 1.00 bits per heavy atom. The average molecular weight is 695 g/mol. The predicted octanol–water partition coefficient (Wildman–Crippen LogP) is 10.5. The summed E-state index contributed by atoms with van der Waals surface area (Å²) in [4.78, 5) is 0. The maximum absolute atomic E-state index is 5.80. The summed E-state index contributed by atoms with van der Waals surface area (Å²) < 4.78 is 39.3. The molecule has 0 aliphatic rings. The molecule has 0 aromatic heterocycles. The highest BCUT2D eigenvalue weighted by molar-refractivity contribution is 5.27. The van der Waals surface area contributed by atoms with Crippen LogP contribution in [0.25, 0.3) is 0 Å². The van der Waals surface area contributed by atoms with Gasteiger partial charge in [0.15, 0.2) is 0 Å². The lowest BCUT2D eigenvalue weighted by Crippen LogP contribution is -2.14. The molecule has 0 spiro atoms. The van der Waals surface area contributed by atoms with Crippen molar-refractivity contribution in [2.45, 2.75) is 149 Å². The van der Waals surface area contributed by atoms with Crippen molar-refractivity contribution in [2.24, 2.45) is 0 Å². The molecule has 0 atom stereocenters. The molecule has 0 saturated carbocycles. The molecule has 0 fully saturated rings. The van der Waals surface area contributed by atoms with Gasteiger partial charge in [0.25, 0.3) is 0 Å². The lowest BCUT2D eigenvalue weighted by atomic mass is 10.0. The molecule has 1 aromatic carbocycles. The predicted molar refractivity (Wildman–Crippen MR) is 204 cm³/mol. The Bertz CT molecular complexity index is 745. The lowest BCUT2D eigenvalue weighted by molar-refractivity contribution is -0.0179. The molecule has 1 rings (SSSR count). The molecule has 0 N–H and O–H groups in total. The van der Waals surface area contributed by atoms with Crippen LogP contribution in [-0.4, -0.2) is 85.9 Å². The largest absolute Gasteiger partial charge is 0.491 e. The van der Waals surface area contributed by atoms with Gasteiger partial charge in [-0.2, -0.15) is 0 Å². The fourth-order valence-corrected chi connectivity index (χ4v) is 5.68. The molecule has 7 heteroatoms. The summed E-state index contributed by atoms with van der Waals surface area (Å²) in [7, 11) is 0. The zero-order valence-corrected chi connectivity index (χ0v) is 32.2. The minimum atomic E-state index is 0.540. The Morgan fingerprint density at radius 1 is 0.306 bits per heavy atom. The van der Waals surface area contributed by atoms with Crippen molar-refractivity contribution in [1.82, 2.24) is 0 Å². The van der Waals surface area contributed by atoms with E-state index in [0.29, 0.717) is 79.3 Å². The molecule has 49 heavy (non-hydrogen) atoms. The van der Waals surface area contributed by atoms with Crippen LogP contribution in [0.15, 0.2) is 24.3 Å². The molecule has 7 nitrogen and oxygen atoms in total. The number of rotatable bonds is 41. The van der Waals surface area contributed by atoms with Crippen LogP contribution < -0.4 is 4.74 Å². The lowest BCUT2D eigenvalue weighted by Gasteiger charge is -2.09. The molecule has 0 unspecified atom stereocenters. The number of aryl methyl sites for hydroxylation is 1. The van der Waals surface area contributed by atoms with Gasteiger partial charge in [0.2, 0.25) is 0 Å². The van der Waals surface area contributed by atoms with Gasteiger partial charge in [-0.25, -0.2) is 0 Å². The SMILES string of the molecule is CCCCCCCCCCCCCCCOCCOCCOCCOCCOCCOCCOc1ccc(CCCCCCCCC)cc1. The zero-order chi connectivity index (χ0) is 35.0. The number of ether oxygens (including phenoxy) is 7. The zero-order valence-electron chi connectivity index (χ0n) is 32.2. The van der Waals surface area contributed by atoms with Crippen LogP contribution in [0.1, 0.15) is 148 Å². The Labute approximate surface area is 302 Å². The average Bonchev–Trinajstić information content (AvgIpc) is 3.12. The van der Waals surface area contributed by atoms with E-state index < -0.39 is 0 Å². The third-order valence-corrected chi connectivity index (χ3v) is 8.74. The van der Waals surface area contributed by atoms with Crippen molar-refractivity contribution >= 4 is 0 Å². The minimum Gasteiger partial charge on any atom is -0.491 e. The summed E-state index contributed by atoms with van der Waals surface area (Å²) in [5.74, 6) is 0.900. The van der Waals surface area contributed by atoms with Crippen LogP contribution in [-0.2, 0) is 34.8 Å². The summed E-state index contributed by atoms with van der Waals surface area (Å²) in [6.07, 6.45) is 28.5. The van der Waals surface area contributed by atoms with Gasteiger partial charge < -0.3 is 33.2 Å². The van der Waals surface area contributed by atoms with E-state index in [9.17, 15) is 0 Å². The van der Waals surface area contributed by atoms with Crippen LogP contribution >= 0.6 is 0 Å². The fourth-order valence-electron chi connectivity index (χ4n) is 5.68. The van der Waals surface area contributed by atoms with Crippen molar-refractivity contribution in [3.63, 3.8) is 0 Å².